The number of aromatic nitrogens is 1. The van der Waals surface area contributed by atoms with Gasteiger partial charge in [0.25, 0.3) is 0 Å². The van der Waals surface area contributed by atoms with E-state index in [-0.39, 0.29) is 36.1 Å². The minimum absolute atomic E-state index is 0.00687. The highest BCUT2D eigenvalue weighted by Crippen LogP contribution is 2.29. The summed E-state index contributed by atoms with van der Waals surface area (Å²) in [7, 11) is -0.751. The molecule has 1 aliphatic heterocycles. The maximum atomic E-state index is 13.1. The Kier molecular flexibility index (Phi) is 7.47. The normalized spacial score (nSPS) is 14.5. The number of morpholine rings is 1. The molecule has 34 heavy (non-hydrogen) atoms. The van der Waals surface area contributed by atoms with Gasteiger partial charge in [0, 0.05) is 24.0 Å². The summed E-state index contributed by atoms with van der Waals surface area (Å²) in [5.41, 5.74) is 2.20. The van der Waals surface area contributed by atoms with Crippen molar-refractivity contribution in [2.75, 3.05) is 45.8 Å². The number of rotatable bonds is 8. The Hall–Kier alpha value is -2.99. The molecule has 0 radical (unpaired) electrons. The van der Waals surface area contributed by atoms with Gasteiger partial charge in [0.05, 0.1) is 39.5 Å². The van der Waals surface area contributed by atoms with E-state index in [1.165, 1.54) is 28.8 Å². The summed E-state index contributed by atoms with van der Waals surface area (Å²) >= 11 is 1.32. The van der Waals surface area contributed by atoms with Gasteiger partial charge in [-0.05, 0) is 42.0 Å². The van der Waals surface area contributed by atoms with Crippen LogP contribution in [0.4, 0.5) is 5.13 Å². The summed E-state index contributed by atoms with van der Waals surface area (Å²) < 4.78 is 43.4. The molecule has 0 bridgehead atoms. The van der Waals surface area contributed by atoms with Gasteiger partial charge in [-0.1, -0.05) is 6.07 Å². The van der Waals surface area contributed by atoms with E-state index in [9.17, 15) is 13.2 Å². The predicted molar refractivity (Wildman–Crippen MR) is 129 cm³/mol. The molecular weight excluding hydrogens is 478 g/mol. The van der Waals surface area contributed by atoms with Crippen LogP contribution >= 0.6 is 11.3 Å². The number of methoxy groups -OCH3 is 2. The van der Waals surface area contributed by atoms with Crippen LogP contribution in [0, 0.1) is 0 Å². The van der Waals surface area contributed by atoms with Crippen LogP contribution in [-0.2, 0) is 26.0 Å². The summed E-state index contributed by atoms with van der Waals surface area (Å²) in [5, 5.41) is 5.11. The average molecular weight is 504 g/mol. The van der Waals surface area contributed by atoms with E-state index >= 15 is 0 Å². The number of hydrogen-bond donors (Lipinski definition) is 1. The topological polar surface area (TPSA) is 107 Å². The number of amides is 1. The number of sulfonamides is 1. The Morgan fingerprint density at radius 1 is 1.12 bits per heavy atom. The lowest BCUT2D eigenvalue weighted by molar-refractivity contribution is -0.115. The first-order valence-corrected chi connectivity index (χ1v) is 12.9. The number of anilines is 1. The van der Waals surface area contributed by atoms with Crippen molar-refractivity contribution in [3.05, 3.63) is 53.4 Å². The fourth-order valence-corrected chi connectivity index (χ4v) is 5.88. The SMILES string of the molecule is COc1ccc(-c2csc(NC(=O)Cc3ccc(OC)c(S(=O)(=O)N4CCOCC4)c3)n2)cc1. The van der Waals surface area contributed by atoms with Crippen molar-refractivity contribution in [3.63, 3.8) is 0 Å². The molecule has 0 unspecified atom stereocenters. The van der Waals surface area contributed by atoms with Crippen molar-refractivity contribution in [2.45, 2.75) is 11.3 Å². The highest BCUT2D eigenvalue weighted by Gasteiger charge is 2.29. The second-order valence-corrected chi connectivity index (χ2v) is 10.3. The van der Waals surface area contributed by atoms with Crippen molar-refractivity contribution in [1.82, 2.24) is 9.29 Å². The van der Waals surface area contributed by atoms with Crippen molar-refractivity contribution >= 4 is 32.4 Å². The van der Waals surface area contributed by atoms with Crippen LogP contribution in [0.25, 0.3) is 11.3 Å². The highest BCUT2D eigenvalue weighted by atomic mass is 32.2. The molecule has 3 aromatic rings. The fourth-order valence-electron chi connectivity index (χ4n) is 3.53. The number of ether oxygens (including phenoxy) is 3. The number of carbonyl (C=O) groups excluding carboxylic acids is 1. The third-order valence-electron chi connectivity index (χ3n) is 5.32. The molecule has 1 saturated heterocycles. The fraction of sp³-hybridized carbons (Fsp3) is 0.304. The monoisotopic (exact) mass is 503 g/mol. The second kappa shape index (κ2) is 10.5. The molecule has 1 aromatic heterocycles. The van der Waals surface area contributed by atoms with Crippen molar-refractivity contribution in [3.8, 4) is 22.8 Å². The first kappa shape index (κ1) is 24.1. The minimum atomic E-state index is -3.78. The van der Waals surface area contributed by atoms with Gasteiger partial charge in [0.2, 0.25) is 15.9 Å². The lowest BCUT2D eigenvalue weighted by Crippen LogP contribution is -2.40. The van der Waals surface area contributed by atoms with Crippen LogP contribution in [0.15, 0.2) is 52.7 Å². The van der Waals surface area contributed by atoms with E-state index in [4.69, 9.17) is 14.2 Å². The first-order chi connectivity index (χ1) is 16.4. The molecular formula is C23H25N3O6S2. The van der Waals surface area contributed by atoms with Crippen LogP contribution in [-0.4, -0.2) is 64.1 Å². The maximum absolute atomic E-state index is 13.1. The van der Waals surface area contributed by atoms with Crippen molar-refractivity contribution in [2.24, 2.45) is 0 Å². The maximum Gasteiger partial charge on any atom is 0.246 e. The second-order valence-electron chi connectivity index (χ2n) is 7.49. The number of thiazole rings is 1. The van der Waals surface area contributed by atoms with Crippen LogP contribution in [0.1, 0.15) is 5.56 Å². The molecule has 2 heterocycles. The van der Waals surface area contributed by atoms with Gasteiger partial charge in [-0.15, -0.1) is 11.3 Å². The predicted octanol–water partition coefficient (Wildman–Crippen LogP) is 3.03. The third-order valence-corrected chi connectivity index (χ3v) is 7.99. The zero-order valence-corrected chi connectivity index (χ0v) is 20.4. The number of benzene rings is 2. The smallest absolute Gasteiger partial charge is 0.246 e. The average Bonchev–Trinajstić information content (AvgIpc) is 3.32. The Morgan fingerprint density at radius 2 is 1.85 bits per heavy atom. The van der Waals surface area contributed by atoms with E-state index in [1.54, 1.807) is 19.2 Å². The summed E-state index contributed by atoms with van der Waals surface area (Å²) in [5.74, 6) is 0.692. The van der Waals surface area contributed by atoms with E-state index in [0.717, 1.165) is 17.0 Å². The van der Waals surface area contributed by atoms with Gasteiger partial charge in [-0.25, -0.2) is 13.4 Å². The molecule has 0 saturated carbocycles. The van der Waals surface area contributed by atoms with Crippen molar-refractivity contribution < 1.29 is 27.4 Å². The quantitative estimate of drug-likeness (QED) is 0.504. The molecule has 2 aromatic carbocycles. The molecule has 11 heteroatoms. The molecule has 0 spiro atoms. The molecule has 1 fully saturated rings. The molecule has 1 aliphatic rings. The Labute approximate surface area is 202 Å². The summed E-state index contributed by atoms with van der Waals surface area (Å²) in [6, 6.07) is 12.2. The van der Waals surface area contributed by atoms with Gasteiger partial charge >= 0.3 is 0 Å². The van der Waals surface area contributed by atoms with E-state index < -0.39 is 10.0 Å². The molecule has 4 rings (SSSR count). The Morgan fingerprint density at radius 3 is 2.53 bits per heavy atom. The minimum Gasteiger partial charge on any atom is -0.497 e. The molecule has 0 aliphatic carbocycles. The molecule has 1 N–H and O–H groups in total. The Bertz CT molecular complexity index is 1250. The molecule has 180 valence electrons. The lowest BCUT2D eigenvalue weighted by atomic mass is 10.1. The van der Waals surface area contributed by atoms with Crippen LogP contribution < -0.4 is 14.8 Å². The largest absolute Gasteiger partial charge is 0.497 e. The van der Waals surface area contributed by atoms with Gasteiger partial charge in [-0.3, -0.25) is 4.79 Å². The number of hydrogen-bond acceptors (Lipinski definition) is 8. The molecule has 9 nitrogen and oxygen atoms in total. The third kappa shape index (κ3) is 5.39. The standard InChI is InChI=1S/C23H25N3O6S2/c1-30-18-6-4-17(5-7-18)19-15-33-23(24-19)25-22(27)14-16-3-8-20(31-2)21(13-16)34(28,29)26-9-11-32-12-10-26/h3-8,13,15H,9-12,14H2,1-2H3,(H,24,25,27). The number of nitrogens with zero attached hydrogens (tertiary/aromatic N) is 2. The van der Waals surface area contributed by atoms with Crippen LogP contribution in [0.5, 0.6) is 11.5 Å². The molecule has 0 atom stereocenters. The first-order valence-electron chi connectivity index (χ1n) is 10.6. The lowest BCUT2D eigenvalue weighted by Gasteiger charge is -2.26. The van der Waals surface area contributed by atoms with Crippen LogP contribution in [0.2, 0.25) is 0 Å². The van der Waals surface area contributed by atoms with Crippen LogP contribution in [0.3, 0.4) is 0 Å². The zero-order chi connectivity index (χ0) is 24.1. The molecule has 1 amide bonds. The summed E-state index contributed by atoms with van der Waals surface area (Å²) in [4.78, 5) is 17.2. The van der Waals surface area contributed by atoms with Gasteiger partial charge in [0.15, 0.2) is 5.13 Å². The van der Waals surface area contributed by atoms with Gasteiger partial charge < -0.3 is 19.5 Å². The van der Waals surface area contributed by atoms with E-state index in [2.05, 4.69) is 10.3 Å². The highest BCUT2D eigenvalue weighted by molar-refractivity contribution is 7.89. The summed E-state index contributed by atoms with van der Waals surface area (Å²) in [6.07, 6.45) is -0.00687. The van der Waals surface area contributed by atoms with Gasteiger partial charge in [0.1, 0.15) is 16.4 Å². The summed E-state index contributed by atoms with van der Waals surface area (Å²) in [6.45, 7) is 1.24. The van der Waals surface area contributed by atoms with E-state index in [0.29, 0.717) is 23.9 Å². The number of nitrogens with one attached hydrogen (secondary N) is 1. The van der Waals surface area contributed by atoms with E-state index in [1.807, 2.05) is 29.6 Å². The van der Waals surface area contributed by atoms with Crippen molar-refractivity contribution in [1.29, 1.82) is 0 Å². The zero-order valence-electron chi connectivity index (χ0n) is 18.8. The van der Waals surface area contributed by atoms with Gasteiger partial charge in [-0.2, -0.15) is 4.31 Å². The Balaban J connectivity index is 1.47. The number of carbonyl (C=O) groups is 1.